The van der Waals surface area contributed by atoms with Crippen molar-refractivity contribution in [3.05, 3.63) is 419 Å². The predicted molar refractivity (Wildman–Crippen MR) is 521 cm³/mol. The number of para-hydroxylation sites is 6. The summed E-state index contributed by atoms with van der Waals surface area (Å²) in [6, 6.07) is 127. The maximum Gasteiger partial charge on any atom is 0.164 e. The zero-order valence-corrected chi connectivity index (χ0v) is 72.6. The summed E-state index contributed by atoms with van der Waals surface area (Å²) < 4.78 is 9.55. The number of benzene rings is 15. The lowest BCUT2D eigenvalue weighted by Crippen LogP contribution is -2.51. The molecule has 0 unspecified atom stereocenters. The van der Waals surface area contributed by atoms with Crippen LogP contribution in [0.3, 0.4) is 0 Å². The van der Waals surface area contributed by atoms with E-state index in [0.717, 1.165) is 125 Å². The van der Waals surface area contributed by atoms with Gasteiger partial charge in [-0.15, -0.1) is 11.3 Å². The van der Waals surface area contributed by atoms with Crippen LogP contribution >= 0.6 is 11.3 Å². The second-order valence-corrected chi connectivity index (χ2v) is 39.5. The van der Waals surface area contributed by atoms with Gasteiger partial charge in [0.25, 0.3) is 0 Å². The van der Waals surface area contributed by atoms with Crippen molar-refractivity contribution in [3.8, 4) is 45.6 Å². The lowest BCUT2D eigenvalue weighted by molar-refractivity contribution is -0.0155. The smallest absolute Gasteiger partial charge is 0.164 e. The largest absolute Gasteiger partial charge is 0.456 e. The van der Waals surface area contributed by atoms with Crippen LogP contribution in [0.25, 0.3) is 98.4 Å². The van der Waals surface area contributed by atoms with Gasteiger partial charge in [-0.3, -0.25) is 0 Å². The van der Waals surface area contributed by atoms with Crippen LogP contribution in [0, 0.1) is 49.4 Å². The van der Waals surface area contributed by atoms with Gasteiger partial charge < -0.3 is 14.2 Å². The minimum absolute atomic E-state index is 0.109. The summed E-state index contributed by atoms with van der Waals surface area (Å²) >= 11 is 1.93. The van der Waals surface area contributed by atoms with E-state index in [1.807, 2.05) is 78.1 Å². The van der Waals surface area contributed by atoms with Crippen LogP contribution in [0.5, 0.6) is 0 Å². The van der Waals surface area contributed by atoms with Gasteiger partial charge in [0.1, 0.15) is 22.8 Å². The molecule has 0 N–H and O–H groups in total. The Balaban J connectivity index is 0.000000136. The second kappa shape index (κ2) is 29.4. The number of nitrogens with zero attached hydrogens (tertiary/aromatic N) is 8. The minimum Gasteiger partial charge on any atom is -0.456 e. The van der Waals surface area contributed by atoms with E-state index >= 15 is 0 Å². The third-order valence-corrected chi connectivity index (χ3v) is 32.2. The molecule has 0 amide bonds. The zero-order valence-electron chi connectivity index (χ0n) is 71.8. The maximum absolute atomic E-state index is 6.88. The summed E-state index contributed by atoms with van der Waals surface area (Å²) in [5, 5.41) is 6.99. The molecule has 2 aliphatic heterocycles. The number of aryl methyl sites for hydroxylation is 2. The molecular formula is C118H94N8OS. The standard InChI is InChI=1S/C62H58N4S.C56H36N4O/c1-37-23-46(24-38(2)55(37)57-63-58(60-31-39-25-40(32-60)27-41(26-39)33-60)65-59(64-57)61-34-42-28-43(35-61)30-44(29-42)36-61)66-52-20-9-7-17-49(52)62(45-13-4-3-5-14-45,50-18-8-10-21-53(50)66)51-19-12-16-48-47-15-6-11-22-54(47)67-56(48)51;1-4-19-37(20-5-1)53-57-54(38-21-6-2-7-22-38)59-55(58-53)44-35-36-48(41-26-11-10-25-40(41)44)60-49-32-15-13-29-45(49)56(39-23-8-3-9-24-39,46-30-14-16-33-50(46)60)47-31-18-28-43-42-27-12-17-34-51(42)61-52(43)47/h3-24,39-44H,25-36H2,1-2H3;1-36H. The van der Waals surface area contributed by atoms with Crippen molar-refractivity contribution >= 4 is 98.3 Å². The van der Waals surface area contributed by atoms with E-state index in [0.29, 0.717) is 17.5 Å². The van der Waals surface area contributed by atoms with Crippen LogP contribution in [-0.2, 0) is 21.7 Å². The van der Waals surface area contributed by atoms with Gasteiger partial charge in [0, 0.05) is 80.7 Å². The highest BCUT2D eigenvalue weighted by Gasteiger charge is 2.58. The lowest BCUT2D eigenvalue weighted by Gasteiger charge is -2.57. The first-order valence-corrected chi connectivity index (χ1v) is 47.1. The predicted octanol–water partition coefficient (Wildman–Crippen LogP) is 29.7. The van der Waals surface area contributed by atoms with E-state index in [1.165, 1.54) is 170 Å². The molecule has 19 aromatic rings. The van der Waals surface area contributed by atoms with Crippen molar-refractivity contribution in [1.82, 2.24) is 29.9 Å². The number of aromatic nitrogens is 6. The normalized spacial score (nSPS) is 21.6. The van der Waals surface area contributed by atoms with Crippen molar-refractivity contribution in [2.45, 2.75) is 113 Å². The Morgan fingerprint density at radius 3 is 1.20 bits per heavy atom. The highest BCUT2D eigenvalue weighted by Crippen LogP contribution is 2.66. The molecular weight excluding hydrogens is 1580 g/mol. The van der Waals surface area contributed by atoms with Crippen molar-refractivity contribution in [2.75, 3.05) is 9.80 Å². The van der Waals surface area contributed by atoms with Gasteiger partial charge in [-0.25, -0.2) is 29.9 Å². The Bertz CT molecular complexity index is 7360. The van der Waals surface area contributed by atoms with Gasteiger partial charge >= 0.3 is 0 Å². The highest BCUT2D eigenvalue weighted by atomic mass is 32.1. The molecule has 0 spiro atoms. The summed E-state index contributed by atoms with van der Waals surface area (Å²) in [7, 11) is 0. The topological polar surface area (TPSA) is 97.0 Å². The Labute approximate surface area is 750 Å². The summed E-state index contributed by atoms with van der Waals surface area (Å²) in [6.07, 6.45) is 16.2. The molecule has 10 aliphatic rings. The Morgan fingerprint density at radius 2 is 0.688 bits per heavy atom. The third kappa shape index (κ3) is 11.6. The van der Waals surface area contributed by atoms with E-state index < -0.39 is 10.8 Å². The summed E-state index contributed by atoms with van der Waals surface area (Å²) in [6.45, 7) is 4.64. The van der Waals surface area contributed by atoms with Crippen LogP contribution in [0.4, 0.5) is 34.1 Å². The van der Waals surface area contributed by atoms with E-state index in [-0.39, 0.29) is 10.8 Å². The van der Waals surface area contributed by atoms with Crippen LogP contribution in [0.1, 0.15) is 144 Å². The van der Waals surface area contributed by atoms with Gasteiger partial charge in [0.05, 0.1) is 39.3 Å². The first kappa shape index (κ1) is 75.5. The molecule has 128 heavy (non-hydrogen) atoms. The number of hydrogen-bond donors (Lipinski definition) is 0. The summed E-state index contributed by atoms with van der Waals surface area (Å²) in [5.41, 5.74) is 23.8. The Hall–Kier alpha value is -13.8. The van der Waals surface area contributed by atoms with Crippen molar-refractivity contribution in [3.63, 3.8) is 0 Å². The van der Waals surface area contributed by atoms with E-state index in [4.69, 9.17) is 34.3 Å². The summed E-state index contributed by atoms with van der Waals surface area (Å²) in [5.74, 6) is 10.2. The zero-order chi connectivity index (χ0) is 84.6. The number of fused-ring (bicyclic) bond motifs is 11. The molecule has 15 aromatic carbocycles. The SMILES string of the molecule is Cc1cc(N2c3ccccc3C(c3ccccc3)(c3cccc4c3sc3ccccc34)c3ccccc32)cc(C)c1-c1nc(C23CC4CC(CC(C4)C2)C3)nc(C23CC4CC(CC(C4)C2)C3)n1.c1ccc(-c2nc(-c3ccccc3)nc(-c3ccc(N4c5ccccc5C(c5ccccc5)(c5cccc6c5oc5ccccc56)c5ccccc54)c4ccccc34)n2)cc1. The number of furan rings is 1. The molecule has 0 radical (unpaired) electrons. The van der Waals surface area contributed by atoms with Crippen molar-refractivity contribution < 1.29 is 4.42 Å². The van der Waals surface area contributed by atoms with Crippen molar-refractivity contribution in [2.24, 2.45) is 35.5 Å². The molecule has 29 rings (SSSR count). The lowest BCUT2D eigenvalue weighted by atomic mass is 9.49. The van der Waals surface area contributed by atoms with Gasteiger partial charge in [0.15, 0.2) is 23.3 Å². The van der Waals surface area contributed by atoms with Gasteiger partial charge in [0.2, 0.25) is 0 Å². The average molecular weight is 1670 g/mol. The minimum atomic E-state index is -0.722. The fraction of sp³-hybridized carbons (Fsp3) is 0.203. The quantitative estimate of drug-likeness (QED) is 0.118. The number of hydrogen-bond acceptors (Lipinski definition) is 10. The van der Waals surface area contributed by atoms with Crippen LogP contribution in [0.2, 0.25) is 0 Å². The fourth-order valence-electron chi connectivity index (χ4n) is 26.8. The molecule has 8 saturated carbocycles. The van der Waals surface area contributed by atoms with E-state index in [2.05, 4.69) is 309 Å². The molecule has 8 aliphatic carbocycles. The molecule has 0 atom stereocenters. The Kier molecular flexibility index (Phi) is 17.3. The first-order valence-electron chi connectivity index (χ1n) is 46.3. The van der Waals surface area contributed by atoms with Crippen LogP contribution in [-0.4, -0.2) is 29.9 Å². The average Bonchev–Trinajstić information content (AvgIpc) is 1.07. The number of thiophene rings is 1. The van der Waals surface area contributed by atoms with Crippen LogP contribution in [0.15, 0.2) is 356 Å². The first-order chi connectivity index (χ1) is 63.1. The molecule has 8 bridgehead atoms. The molecule has 6 heterocycles. The highest BCUT2D eigenvalue weighted by molar-refractivity contribution is 7.26. The second-order valence-electron chi connectivity index (χ2n) is 38.4. The van der Waals surface area contributed by atoms with Gasteiger partial charge in [-0.05, 0) is 243 Å². The number of rotatable bonds is 12. The Morgan fingerprint density at radius 1 is 0.297 bits per heavy atom. The van der Waals surface area contributed by atoms with E-state index in [9.17, 15) is 0 Å². The molecule has 8 fully saturated rings. The van der Waals surface area contributed by atoms with Crippen molar-refractivity contribution in [1.29, 1.82) is 0 Å². The van der Waals surface area contributed by atoms with Crippen LogP contribution < -0.4 is 9.80 Å². The molecule has 4 aromatic heterocycles. The molecule has 10 heteroatoms. The summed E-state index contributed by atoms with van der Waals surface area (Å²) in [4.78, 5) is 37.6. The fourth-order valence-corrected chi connectivity index (χ4v) is 28.0. The third-order valence-electron chi connectivity index (χ3n) is 31.0. The van der Waals surface area contributed by atoms with Gasteiger partial charge in [-0.1, -0.05) is 291 Å². The molecule has 9 nitrogen and oxygen atoms in total. The number of anilines is 6. The molecule has 0 saturated heterocycles. The molecule has 618 valence electrons. The maximum atomic E-state index is 6.88. The van der Waals surface area contributed by atoms with E-state index in [1.54, 1.807) is 0 Å². The monoisotopic (exact) mass is 1670 g/mol. The van der Waals surface area contributed by atoms with Gasteiger partial charge in [-0.2, -0.15) is 0 Å².